The van der Waals surface area contributed by atoms with Crippen molar-refractivity contribution in [3.8, 4) is 5.75 Å². The van der Waals surface area contributed by atoms with Crippen molar-refractivity contribution in [2.45, 2.75) is 32.2 Å². The third kappa shape index (κ3) is 3.70. The summed E-state index contributed by atoms with van der Waals surface area (Å²) in [6.45, 7) is 3.01. The lowest BCUT2D eigenvalue weighted by atomic mass is 10.0. The van der Waals surface area contributed by atoms with Gasteiger partial charge in [0.15, 0.2) is 6.61 Å². The Morgan fingerprint density at radius 3 is 2.70 bits per heavy atom. The smallest absolute Gasteiger partial charge is 0.260 e. The zero-order valence-electron chi connectivity index (χ0n) is 11.7. The van der Waals surface area contributed by atoms with E-state index in [0.29, 0.717) is 16.8 Å². The van der Waals surface area contributed by atoms with Gasteiger partial charge in [0.25, 0.3) is 5.91 Å². The first-order valence-electron chi connectivity index (χ1n) is 6.90. The van der Waals surface area contributed by atoms with Gasteiger partial charge >= 0.3 is 0 Å². The number of hydrogen-bond donors (Lipinski definition) is 1. The number of ether oxygens (including phenoxy) is 1. The molecule has 1 fully saturated rings. The van der Waals surface area contributed by atoms with Gasteiger partial charge in [0.2, 0.25) is 0 Å². The lowest BCUT2D eigenvalue weighted by Crippen LogP contribution is -2.44. The fourth-order valence-electron chi connectivity index (χ4n) is 2.41. The van der Waals surface area contributed by atoms with Crippen LogP contribution in [0, 0.1) is 0 Å². The molecule has 2 rings (SSSR count). The molecule has 1 amide bonds. The van der Waals surface area contributed by atoms with E-state index in [1.165, 1.54) is 6.42 Å². The third-order valence-corrected chi connectivity index (χ3v) is 3.86. The number of piperidine rings is 1. The van der Waals surface area contributed by atoms with Crippen LogP contribution in [0.15, 0.2) is 24.3 Å². The van der Waals surface area contributed by atoms with E-state index < -0.39 is 0 Å². The molecule has 1 aliphatic rings. The fraction of sp³-hybridized carbons (Fsp3) is 0.467. The van der Waals surface area contributed by atoms with Gasteiger partial charge < -0.3 is 15.4 Å². The molecule has 4 nitrogen and oxygen atoms in total. The molecule has 108 valence electrons. The van der Waals surface area contributed by atoms with Crippen LogP contribution in [0.25, 0.3) is 0 Å². The SMILES string of the molecule is CC1CCCCN1C(=O)COc1ccc(C(N)=S)cc1. The first kappa shape index (κ1) is 14.8. The number of likely N-dealkylation sites (tertiary alicyclic amines) is 1. The molecule has 5 heteroatoms. The summed E-state index contributed by atoms with van der Waals surface area (Å²) in [5.74, 6) is 0.707. The van der Waals surface area contributed by atoms with Crippen LogP contribution in [0.1, 0.15) is 31.7 Å². The van der Waals surface area contributed by atoms with Crippen molar-refractivity contribution >= 4 is 23.1 Å². The normalized spacial score (nSPS) is 18.6. The predicted molar refractivity (Wildman–Crippen MR) is 82.9 cm³/mol. The molecule has 1 aromatic rings. The second-order valence-corrected chi connectivity index (χ2v) is 5.55. The van der Waals surface area contributed by atoms with Gasteiger partial charge in [0.1, 0.15) is 10.7 Å². The monoisotopic (exact) mass is 292 g/mol. The van der Waals surface area contributed by atoms with Crippen LogP contribution < -0.4 is 10.5 Å². The number of rotatable bonds is 4. The van der Waals surface area contributed by atoms with Gasteiger partial charge in [0.05, 0.1) is 0 Å². The van der Waals surface area contributed by atoms with Gasteiger partial charge in [-0.3, -0.25) is 4.79 Å². The first-order chi connectivity index (χ1) is 9.58. The molecule has 2 N–H and O–H groups in total. The number of benzene rings is 1. The second-order valence-electron chi connectivity index (χ2n) is 5.11. The van der Waals surface area contributed by atoms with E-state index in [-0.39, 0.29) is 12.5 Å². The van der Waals surface area contributed by atoms with E-state index in [2.05, 4.69) is 6.92 Å². The lowest BCUT2D eigenvalue weighted by Gasteiger charge is -2.33. The summed E-state index contributed by atoms with van der Waals surface area (Å²) < 4.78 is 5.53. The highest BCUT2D eigenvalue weighted by Gasteiger charge is 2.23. The van der Waals surface area contributed by atoms with Gasteiger partial charge in [-0.15, -0.1) is 0 Å². The summed E-state index contributed by atoms with van der Waals surface area (Å²) >= 11 is 4.89. The molecule has 1 aromatic carbocycles. The maximum atomic E-state index is 12.1. The minimum atomic E-state index is 0.0515. The predicted octanol–water partition coefficient (Wildman–Crippen LogP) is 2.10. The third-order valence-electron chi connectivity index (χ3n) is 3.62. The highest BCUT2D eigenvalue weighted by atomic mass is 32.1. The number of carbonyl (C=O) groups excluding carboxylic acids is 1. The molecule has 0 aromatic heterocycles. The van der Waals surface area contributed by atoms with E-state index in [1.807, 2.05) is 4.90 Å². The first-order valence-corrected chi connectivity index (χ1v) is 7.31. The summed E-state index contributed by atoms with van der Waals surface area (Å²) in [7, 11) is 0. The van der Waals surface area contributed by atoms with Gasteiger partial charge in [-0.05, 0) is 50.5 Å². The average molecular weight is 292 g/mol. The number of amides is 1. The zero-order valence-corrected chi connectivity index (χ0v) is 12.5. The Morgan fingerprint density at radius 2 is 2.10 bits per heavy atom. The second kappa shape index (κ2) is 6.70. The van der Waals surface area contributed by atoms with Crippen molar-refractivity contribution in [1.82, 2.24) is 4.90 Å². The van der Waals surface area contributed by atoms with Gasteiger partial charge in [-0.25, -0.2) is 0 Å². The summed E-state index contributed by atoms with van der Waals surface area (Å²) in [4.78, 5) is 14.4. The standard InChI is InChI=1S/C15H20N2O2S/c1-11-4-2-3-9-17(11)14(18)10-19-13-7-5-12(6-8-13)15(16)20/h5-8,11H,2-4,9-10H2,1H3,(H2,16,20). The summed E-state index contributed by atoms with van der Waals surface area (Å²) in [6.07, 6.45) is 3.36. The molecule has 0 radical (unpaired) electrons. The van der Waals surface area contributed by atoms with E-state index >= 15 is 0 Å². The van der Waals surface area contributed by atoms with Gasteiger partial charge in [-0.1, -0.05) is 12.2 Å². The summed E-state index contributed by atoms with van der Waals surface area (Å²) in [6, 6.07) is 7.47. The van der Waals surface area contributed by atoms with Crippen molar-refractivity contribution in [3.63, 3.8) is 0 Å². The summed E-state index contributed by atoms with van der Waals surface area (Å²) in [5, 5.41) is 0. The Kier molecular flexibility index (Phi) is 4.95. The van der Waals surface area contributed by atoms with Gasteiger partial charge in [0, 0.05) is 18.2 Å². The molecule has 0 bridgehead atoms. The van der Waals surface area contributed by atoms with E-state index in [1.54, 1.807) is 24.3 Å². The van der Waals surface area contributed by atoms with Crippen molar-refractivity contribution in [2.75, 3.05) is 13.2 Å². The molecule has 1 aliphatic heterocycles. The average Bonchev–Trinajstić information content (AvgIpc) is 2.45. The number of nitrogens with two attached hydrogens (primary N) is 1. The quantitative estimate of drug-likeness (QED) is 0.864. The Hall–Kier alpha value is -1.62. The highest BCUT2D eigenvalue weighted by molar-refractivity contribution is 7.80. The number of thiocarbonyl (C=S) groups is 1. The minimum Gasteiger partial charge on any atom is -0.484 e. The van der Waals surface area contributed by atoms with Crippen molar-refractivity contribution < 1.29 is 9.53 Å². The molecule has 1 heterocycles. The van der Waals surface area contributed by atoms with Crippen LogP contribution in [-0.4, -0.2) is 35.0 Å². The van der Waals surface area contributed by atoms with Crippen LogP contribution in [-0.2, 0) is 4.79 Å². The minimum absolute atomic E-state index is 0.0515. The van der Waals surface area contributed by atoms with E-state index in [4.69, 9.17) is 22.7 Å². The van der Waals surface area contributed by atoms with Crippen LogP contribution in [0.5, 0.6) is 5.75 Å². The topological polar surface area (TPSA) is 55.6 Å². The highest BCUT2D eigenvalue weighted by Crippen LogP contribution is 2.17. The largest absolute Gasteiger partial charge is 0.484 e. The number of hydrogen-bond acceptors (Lipinski definition) is 3. The maximum Gasteiger partial charge on any atom is 0.260 e. The van der Waals surface area contributed by atoms with Crippen molar-refractivity contribution in [3.05, 3.63) is 29.8 Å². The van der Waals surface area contributed by atoms with Crippen molar-refractivity contribution in [2.24, 2.45) is 5.73 Å². The molecule has 0 aliphatic carbocycles. The Morgan fingerprint density at radius 1 is 1.40 bits per heavy atom. The van der Waals surface area contributed by atoms with E-state index in [0.717, 1.165) is 24.9 Å². The Bertz CT molecular complexity index is 487. The number of nitrogens with zero attached hydrogens (tertiary/aromatic N) is 1. The van der Waals surface area contributed by atoms with Crippen LogP contribution >= 0.6 is 12.2 Å². The number of carbonyl (C=O) groups is 1. The van der Waals surface area contributed by atoms with Gasteiger partial charge in [-0.2, -0.15) is 0 Å². The molecular formula is C15H20N2O2S. The molecule has 0 spiro atoms. The fourth-order valence-corrected chi connectivity index (χ4v) is 2.55. The molecule has 1 unspecified atom stereocenters. The Balaban J connectivity index is 1.88. The van der Waals surface area contributed by atoms with Crippen molar-refractivity contribution in [1.29, 1.82) is 0 Å². The summed E-state index contributed by atoms with van der Waals surface area (Å²) in [5.41, 5.74) is 6.32. The molecule has 1 atom stereocenters. The maximum absolute atomic E-state index is 12.1. The van der Waals surface area contributed by atoms with Crippen LogP contribution in [0.4, 0.5) is 0 Å². The zero-order chi connectivity index (χ0) is 14.5. The molecule has 0 saturated carbocycles. The lowest BCUT2D eigenvalue weighted by molar-refractivity contribution is -0.136. The molecular weight excluding hydrogens is 272 g/mol. The Labute approximate surface area is 124 Å². The molecule has 1 saturated heterocycles. The van der Waals surface area contributed by atoms with Crippen LogP contribution in [0.2, 0.25) is 0 Å². The van der Waals surface area contributed by atoms with Crippen LogP contribution in [0.3, 0.4) is 0 Å². The molecule has 20 heavy (non-hydrogen) atoms. The van der Waals surface area contributed by atoms with E-state index in [9.17, 15) is 4.79 Å².